The third kappa shape index (κ3) is 5.12. The van der Waals surface area contributed by atoms with Crippen molar-refractivity contribution in [3.05, 3.63) is 63.0 Å². The summed E-state index contributed by atoms with van der Waals surface area (Å²) in [5.41, 5.74) is 0.990. The van der Waals surface area contributed by atoms with Crippen molar-refractivity contribution >= 4 is 60.9 Å². The van der Waals surface area contributed by atoms with Gasteiger partial charge < -0.3 is 17.3 Å². The normalized spacial score (nSPS) is 12.2. The number of halogens is 9. The second-order valence-electron chi connectivity index (χ2n) is 5.98. The van der Waals surface area contributed by atoms with E-state index < -0.39 is 19.0 Å². The smallest absolute Gasteiger partial charge is 0.418 e. The fraction of sp³-hybridized carbons (Fsp3) is 0.0588. The molecule has 3 aromatic carbocycles. The molecule has 3 nitrogen and oxygen atoms in total. The Hall–Kier alpha value is -2.15. The first-order valence-electron chi connectivity index (χ1n) is 8.08. The van der Waals surface area contributed by atoms with Crippen molar-refractivity contribution in [2.75, 3.05) is 0 Å². The zero-order valence-corrected chi connectivity index (χ0v) is 17.7. The Morgan fingerprint density at radius 2 is 1.53 bits per heavy atom. The molecule has 1 aromatic heterocycles. The maximum atomic E-state index is 12.9. The van der Waals surface area contributed by atoms with Crippen LogP contribution >= 0.6 is 31.9 Å². The van der Waals surface area contributed by atoms with Gasteiger partial charge >= 0.3 is 13.4 Å². The number of benzene rings is 3. The molecule has 4 rings (SSSR count). The highest BCUT2D eigenvalue weighted by Gasteiger charge is 2.31. The Labute approximate surface area is 181 Å². The average Bonchev–Trinajstić information content (AvgIpc) is 3.07. The van der Waals surface area contributed by atoms with Crippen LogP contribution in [0.2, 0.25) is 0 Å². The van der Waals surface area contributed by atoms with Crippen LogP contribution in [0.15, 0.2) is 57.5 Å². The molecule has 1 N–H and O–H groups in total. The van der Waals surface area contributed by atoms with Gasteiger partial charge in [0.15, 0.2) is 0 Å². The van der Waals surface area contributed by atoms with Crippen molar-refractivity contribution < 1.29 is 35.5 Å². The Balaban J connectivity index is 0.000000461. The molecule has 1 heterocycles. The van der Waals surface area contributed by atoms with Crippen molar-refractivity contribution in [1.29, 1.82) is 0 Å². The number of H-pyrrole nitrogens is 1. The molecule has 30 heavy (non-hydrogen) atoms. The molecular formula is C17H9BBr2F7N3. The minimum absolute atomic E-state index is 0.310. The number of aromatic nitrogens is 3. The summed E-state index contributed by atoms with van der Waals surface area (Å²) in [4.78, 5) is 1.35. The van der Waals surface area contributed by atoms with Crippen LogP contribution in [0.1, 0.15) is 5.56 Å². The van der Waals surface area contributed by atoms with E-state index in [4.69, 9.17) is 0 Å². The van der Waals surface area contributed by atoms with Crippen LogP contribution in [0, 0.1) is 0 Å². The van der Waals surface area contributed by atoms with Crippen molar-refractivity contribution in [3.8, 4) is 5.69 Å². The van der Waals surface area contributed by atoms with Crippen LogP contribution in [-0.2, 0) is 6.18 Å². The average molecular weight is 559 g/mol. The monoisotopic (exact) mass is 557 g/mol. The van der Waals surface area contributed by atoms with Gasteiger partial charge in [-0.15, -0.1) is 0 Å². The summed E-state index contributed by atoms with van der Waals surface area (Å²) in [5.74, 6) is 0. The molecule has 4 aromatic rings. The molecule has 0 fully saturated rings. The Bertz CT molecular complexity index is 1220. The molecule has 0 saturated carbocycles. The first kappa shape index (κ1) is 22.5. The van der Waals surface area contributed by atoms with E-state index in [9.17, 15) is 30.4 Å². The number of alkyl halides is 3. The molecule has 0 atom stereocenters. The highest BCUT2D eigenvalue weighted by molar-refractivity contribution is 9.11. The molecule has 0 saturated heterocycles. The molecule has 0 amide bonds. The van der Waals surface area contributed by atoms with Gasteiger partial charge in [0.1, 0.15) is 5.69 Å². The predicted molar refractivity (Wildman–Crippen MR) is 106 cm³/mol. The number of nitrogens with one attached hydrogen (secondary N) is 1. The lowest BCUT2D eigenvalue weighted by Crippen LogP contribution is -2.18. The van der Waals surface area contributed by atoms with Gasteiger partial charge in [0, 0.05) is 14.3 Å². The SMILES string of the molecule is FC(F)(F)c1cccc(-n2nc3ccc4c(Br)ccc(Br)c4c3[nH+]2)c1.F[B-](F)(F)F. The lowest BCUT2D eigenvalue weighted by atomic mass is 10.1. The third-order valence-electron chi connectivity index (χ3n) is 3.90. The zero-order chi connectivity index (χ0) is 22.3. The molecule has 0 spiro atoms. The van der Waals surface area contributed by atoms with Gasteiger partial charge in [-0.1, -0.05) is 22.0 Å². The minimum Gasteiger partial charge on any atom is -0.418 e. The summed E-state index contributed by atoms with van der Waals surface area (Å²) in [6, 6.07) is 12.6. The Morgan fingerprint density at radius 1 is 0.900 bits per heavy atom. The van der Waals surface area contributed by atoms with Crippen molar-refractivity contribution in [1.82, 2.24) is 9.90 Å². The quantitative estimate of drug-likeness (QED) is 0.186. The molecule has 0 aliphatic rings. The minimum atomic E-state index is -6.00. The van der Waals surface area contributed by atoms with Crippen LogP contribution in [0.3, 0.4) is 0 Å². The highest BCUT2D eigenvalue weighted by atomic mass is 79.9. The molecule has 0 unspecified atom stereocenters. The van der Waals surface area contributed by atoms with E-state index >= 15 is 0 Å². The summed E-state index contributed by atoms with van der Waals surface area (Å²) in [5, 5.41) is 9.35. The Morgan fingerprint density at radius 3 is 2.17 bits per heavy atom. The largest absolute Gasteiger partial charge is 0.673 e. The van der Waals surface area contributed by atoms with Gasteiger partial charge in [0.25, 0.3) is 0 Å². The molecule has 0 bridgehead atoms. The fourth-order valence-corrected chi connectivity index (χ4v) is 3.74. The predicted octanol–water partition coefficient (Wildman–Crippen LogP) is 6.84. The topological polar surface area (TPSA) is 32.0 Å². The van der Waals surface area contributed by atoms with Gasteiger partial charge in [-0.3, -0.25) is 0 Å². The number of rotatable bonds is 1. The lowest BCUT2D eigenvalue weighted by Gasteiger charge is -2.06. The van der Waals surface area contributed by atoms with E-state index in [-0.39, 0.29) is 0 Å². The lowest BCUT2D eigenvalue weighted by molar-refractivity contribution is -0.453. The molecule has 0 aliphatic carbocycles. The van der Waals surface area contributed by atoms with Crippen LogP contribution in [0.5, 0.6) is 0 Å². The number of hydrogen-bond donors (Lipinski definition) is 0. The summed E-state index contributed by atoms with van der Waals surface area (Å²) in [6.45, 7) is 0. The number of hydrogen-bond acceptors (Lipinski definition) is 1. The molecule has 0 aliphatic heterocycles. The van der Waals surface area contributed by atoms with E-state index in [2.05, 4.69) is 42.1 Å². The second-order valence-corrected chi connectivity index (χ2v) is 7.69. The first-order valence-corrected chi connectivity index (χ1v) is 9.67. The standard InChI is InChI=1S/C17H8Br2F3N3.BF4/c18-12-5-6-13(19)15-11(12)4-7-14-16(15)24-25(23-14)10-3-1-2-9(8-10)17(20,21)22;2-1(3,4)5/h1-8H;/q;-1/p+1. The van der Waals surface area contributed by atoms with Gasteiger partial charge in [0.05, 0.1) is 16.0 Å². The Kier molecular flexibility index (Phi) is 6.14. The van der Waals surface area contributed by atoms with Crippen LogP contribution in [0.4, 0.5) is 30.4 Å². The van der Waals surface area contributed by atoms with Gasteiger partial charge in [-0.05, 0) is 63.2 Å². The summed E-state index contributed by atoms with van der Waals surface area (Å²) in [7, 11) is -6.00. The summed E-state index contributed by atoms with van der Waals surface area (Å²) < 4.78 is 79.6. The maximum absolute atomic E-state index is 12.9. The van der Waals surface area contributed by atoms with E-state index in [1.165, 1.54) is 10.9 Å². The van der Waals surface area contributed by atoms with E-state index in [0.717, 1.165) is 37.4 Å². The van der Waals surface area contributed by atoms with Crippen LogP contribution < -0.4 is 5.10 Å². The summed E-state index contributed by atoms with van der Waals surface area (Å²) in [6.07, 6.45) is -4.40. The summed E-state index contributed by atoms with van der Waals surface area (Å²) >= 11 is 7.04. The van der Waals surface area contributed by atoms with Crippen LogP contribution in [-0.4, -0.2) is 17.1 Å². The number of aromatic amines is 1. The second kappa shape index (κ2) is 8.18. The highest BCUT2D eigenvalue weighted by Crippen LogP contribution is 2.34. The third-order valence-corrected chi connectivity index (χ3v) is 5.25. The zero-order valence-electron chi connectivity index (χ0n) is 14.5. The molecule has 13 heteroatoms. The maximum Gasteiger partial charge on any atom is 0.673 e. The van der Waals surface area contributed by atoms with E-state index in [0.29, 0.717) is 11.2 Å². The van der Waals surface area contributed by atoms with E-state index in [1.807, 2.05) is 24.3 Å². The number of fused-ring (bicyclic) bond motifs is 3. The van der Waals surface area contributed by atoms with Gasteiger partial charge in [0.2, 0.25) is 11.0 Å². The van der Waals surface area contributed by atoms with Gasteiger partial charge in [-0.25, -0.2) is 0 Å². The van der Waals surface area contributed by atoms with Crippen molar-refractivity contribution in [2.45, 2.75) is 6.18 Å². The first-order chi connectivity index (χ1) is 13.8. The van der Waals surface area contributed by atoms with Crippen molar-refractivity contribution in [2.24, 2.45) is 0 Å². The van der Waals surface area contributed by atoms with Crippen molar-refractivity contribution in [3.63, 3.8) is 0 Å². The fourth-order valence-electron chi connectivity index (χ4n) is 2.73. The molecule has 0 radical (unpaired) electrons. The van der Waals surface area contributed by atoms with E-state index in [1.54, 1.807) is 6.07 Å². The van der Waals surface area contributed by atoms with Crippen LogP contribution in [0.25, 0.3) is 27.5 Å². The number of nitrogens with zero attached hydrogens (tertiary/aromatic N) is 2. The van der Waals surface area contributed by atoms with Gasteiger partial charge in [-0.2, -0.15) is 18.3 Å². The molecule has 158 valence electrons. The molecular weight excluding hydrogens is 550 g/mol.